The van der Waals surface area contributed by atoms with Crippen molar-refractivity contribution in [2.75, 3.05) is 6.54 Å². The van der Waals surface area contributed by atoms with Gasteiger partial charge >= 0.3 is 0 Å². The summed E-state index contributed by atoms with van der Waals surface area (Å²) in [5.74, 6) is 0.922. The average Bonchev–Trinajstić information content (AvgIpc) is 2.60. The van der Waals surface area contributed by atoms with Crippen molar-refractivity contribution in [2.24, 2.45) is 5.92 Å². The van der Waals surface area contributed by atoms with E-state index in [1.54, 1.807) is 0 Å². The Morgan fingerprint density at radius 3 is 2.60 bits per heavy atom. The quantitative estimate of drug-likeness (QED) is 0.491. The minimum Gasteiger partial charge on any atom is -0.293 e. The molecule has 1 saturated heterocycles. The van der Waals surface area contributed by atoms with E-state index >= 15 is 0 Å². The van der Waals surface area contributed by atoms with Crippen LogP contribution in [0.25, 0.3) is 0 Å². The molecule has 0 spiro atoms. The second-order valence-corrected chi connectivity index (χ2v) is 3.88. The van der Waals surface area contributed by atoms with Crippen LogP contribution in [0.15, 0.2) is 12.2 Å². The van der Waals surface area contributed by atoms with Crippen LogP contribution in [-0.4, -0.2) is 23.5 Å². The Morgan fingerprint density at radius 1 is 1.20 bits per heavy atom. The molecule has 1 heteroatoms. The molecule has 2 aliphatic carbocycles. The monoisotopic (exact) mass is 135 g/mol. The molecular weight excluding hydrogens is 122 g/mol. The van der Waals surface area contributed by atoms with Crippen LogP contribution >= 0.6 is 0 Å². The van der Waals surface area contributed by atoms with Gasteiger partial charge in [0.25, 0.3) is 0 Å². The Morgan fingerprint density at radius 2 is 2.10 bits per heavy atom. The van der Waals surface area contributed by atoms with Crippen LogP contribution < -0.4 is 0 Å². The molecule has 1 saturated carbocycles. The Kier molecular flexibility index (Phi) is 0.883. The molecule has 1 aliphatic heterocycles. The number of hydrogen-bond donors (Lipinski definition) is 0. The molecule has 2 atom stereocenters. The molecule has 0 aromatic carbocycles. The third-order valence-electron chi connectivity index (χ3n) is 3.04. The van der Waals surface area contributed by atoms with Crippen LogP contribution in [0.2, 0.25) is 0 Å². The first-order valence-electron chi connectivity index (χ1n) is 4.37. The third kappa shape index (κ3) is 0.615. The SMILES string of the molecule is C1=C[C@@H]2C[C@H]1CN2C1CC1. The molecule has 3 rings (SSSR count). The standard InChI is InChI=1S/C9H13N/c1-2-9-5-7(1)6-10(9)8-3-4-8/h1-2,7-9H,3-6H2/t7-,9+/m0/s1. The number of hydrogen-bond acceptors (Lipinski definition) is 1. The van der Waals surface area contributed by atoms with Crippen molar-refractivity contribution in [1.82, 2.24) is 4.90 Å². The summed E-state index contributed by atoms with van der Waals surface area (Å²) < 4.78 is 0. The highest BCUT2D eigenvalue weighted by atomic mass is 15.2. The van der Waals surface area contributed by atoms with E-state index in [9.17, 15) is 0 Å². The fraction of sp³-hybridized carbons (Fsp3) is 0.778. The average molecular weight is 135 g/mol. The second-order valence-electron chi connectivity index (χ2n) is 3.88. The van der Waals surface area contributed by atoms with E-state index in [4.69, 9.17) is 0 Å². The predicted octanol–water partition coefficient (Wildman–Crippen LogP) is 1.41. The first-order chi connectivity index (χ1) is 4.93. The lowest BCUT2D eigenvalue weighted by Crippen LogP contribution is -2.31. The molecule has 0 N–H and O–H groups in total. The van der Waals surface area contributed by atoms with Crippen molar-refractivity contribution < 1.29 is 0 Å². The number of rotatable bonds is 1. The fourth-order valence-corrected chi connectivity index (χ4v) is 2.37. The van der Waals surface area contributed by atoms with E-state index in [2.05, 4.69) is 17.1 Å². The van der Waals surface area contributed by atoms with Crippen LogP contribution in [0.1, 0.15) is 19.3 Å². The van der Waals surface area contributed by atoms with Crippen LogP contribution in [-0.2, 0) is 0 Å². The number of fused-ring (bicyclic) bond motifs is 2. The van der Waals surface area contributed by atoms with Crippen LogP contribution in [0.5, 0.6) is 0 Å². The molecule has 10 heavy (non-hydrogen) atoms. The van der Waals surface area contributed by atoms with Crippen molar-refractivity contribution >= 4 is 0 Å². The molecule has 0 aromatic heterocycles. The van der Waals surface area contributed by atoms with Crippen molar-refractivity contribution in [3.05, 3.63) is 12.2 Å². The first kappa shape index (κ1) is 5.36. The highest BCUT2D eigenvalue weighted by Gasteiger charge is 2.41. The van der Waals surface area contributed by atoms with Gasteiger partial charge in [0, 0.05) is 18.6 Å². The normalized spacial score (nSPS) is 45.2. The zero-order valence-electron chi connectivity index (χ0n) is 6.16. The van der Waals surface area contributed by atoms with E-state index < -0.39 is 0 Å². The molecule has 2 fully saturated rings. The summed E-state index contributed by atoms with van der Waals surface area (Å²) in [5.41, 5.74) is 0. The highest BCUT2D eigenvalue weighted by molar-refractivity contribution is 5.15. The molecule has 1 heterocycles. The summed E-state index contributed by atoms with van der Waals surface area (Å²) in [6.45, 7) is 1.37. The molecule has 0 unspecified atom stereocenters. The topological polar surface area (TPSA) is 3.24 Å². The van der Waals surface area contributed by atoms with Crippen molar-refractivity contribution in [3.63, 3.8) is 0 Å². The van der Waals surface area contributed by atoms with Gasteiger partial charge in [0.1, 0.15) is 0 Å². The zero-order valence-corrected chi connectivity index (χ0v) is 6.16. The smallest absolute Gasteiger partial charge is 0.0287 e. The third-order valence-corrected chi connectivity index (χ3v) is 3.04. The van der Waals surface area contributed by atoms with Crippen molar-refractivity contribution in [3.8, 4) is 0 Å². The minimum absolute atomic E-state index is 0.845. The maximum Gasteiger partial charge on any atom is 0.0287 e. The van der Waals surface area contributed by atoms with E-state index in [-0.39, 0.29) is 0 Å². The van der Waals surface area contributed by atoms with Crippen LogP contribution in [0.3, 0.4) is 0 Å². The van der Waals surface area contributed by atoms with Gasteiger partial charge < -0.3 is 0 Å². The maximum atomic E-state index is 2.70. The molecule has 1 nitrogen and oxygen atoms in total. The summed E-state index contributed by atoms with van der Waals surface area (Å²) in [7, 11) is 0. The van der Waals surface area contributed by atoms with Gasteiger partial charge in [-0.15, -0.1) is 0 Å². The molecule has 0 aromatic rings. The van der Waals surface area contributed by atoms with Crippen LogP contribution in [0.4, 0.5) is 0 Å². The van der Waals surface area contributed by atoms with Gasteiger partial charge in [0.2, 0.25) is 0 Å². The molecule has 54 valence electrons. The van der Waals surface area contributed by atoms with Crippen molar-refractivity contribution in [2.45, 2.75) is 31.3 Å². The molecule has 0 radical (unpaired) electrons. The summed E-state index contributed by atoms with van der Waals surface area (Å²) in [4.78, 5) is 2.70. The van der Waals surface area contributed by atoms with Gasteiger partial charge in [-0.2, -0.15) is 0 Å². The summed E-state index contributed by atoms with van der Waals surface area (Å²) >= 11 is 0. The lowest BCUT2D eigenvalue weighted by atomic mass is 10.2. The number of likely N-dealkylation sites (tertiary alicyclic amines) is 1. The molecule has 3 aliphatic rings. The minimum atomic E-state index is 0.845. The van der Waals surface area contributed by atoms with Crippen LogP contribution in [0, 0.1) is 5.92 Å². The maximum absolute atomic E-state index is 2.70. The fourth-order valence-electron chi connectivity index (χ4n) is 2.37. The molecule has 0 amide bonds. The van der Waals surface area contributed by atoms with Crippen molar-refractivity contribution in [1.29, 1.82) is 0 Å². The summed E-state index contributed by atoms with van der Waals surface area (Å²) in [5, 5.41) is 0. The van der Waals surface area contributed by atoms with E-state index in [1.165, 1.54) is 25.8 Å². The van der Waals surface area contributed by atoms with E-state index in [1.807, 2.05) is 0 Å². The zero-order chi connectivity index (χ0) is 6.55. The Balaban J connectivity index is 1.83. The lowest BCUT2D eigenvalue weighted by Gasteiger charge is -2.22. The molecule has 2 bridgehead atoms. The van der Waals surface area contributed by atoms with Gasteiger partial charge in [-0.3, -0.25) is 4.90 Å². The van der Waals surface area contributed by atoms with Gasteiger partial charge in [0.05, 0.1) is 0 Å². The van der Waals surface area contributed by atoms with Gasteiger partial charge in [0.15, 0.2) is 0 Å². The highest BCUT2D eigenvalue weighted by Crippen LogP contribution is 2.39. The van der Waals surface area contributed by atoms with Gasteiger partial charge in [-0.1, -0.05) is 12.2 Å². The number of nitrogens with zero attached hydrogens (tertiary/aromatic N) is 1. The summed E-state index contributed by atoms with van der Waals surface area (Å²) in [6.07, 6.45) is 9.18. The van der Waals surface area contributed by atoms with Gasteiger partial charge in [-0.05, 0) is 25.2 Å². The lowest BCUT2D eigenvalue weighted by molar-refractivity contribution is 0.269. The van der Waals surface area contributed by atoms with E-state index in [0.29, 0.717) is 0 Å². The Hall–Kier alpha value is -0.300. The summed E-state index contributed by atoms with van der Waals surface area (Å²) in [6, 6.07) is 1.83. The predicted molar refractivity (Wildman–Crippen MR) is 40.8 cm³/mol. The Bertz CT molecular complexity index is 181. The largest absolute Gasteiger partial charge is 0.293 e. The molecular formula is C9H13N. The van der Waals surface area contributed by atoms with Gasteiger partial charge in [-0.25, -0.2) is 0 Å². The Labute approximate surface area is 61.7 Å². The first-order valence-corrected chi connectivity index (χ1v) is 4.37. The second kappa shape index (κ2) is 1.65. The van der Waals surface area contributed by atoms with E-state index in [0.717, 1.165) is 18.0 Å².